The number of amides is 3. The molecule has 1 aliphatic rings. The summed E-state index contributed by atoms with van der Waals surface area (Å²) in [6.07, 6.45) is 0. The first-order valence-corrected chi connectivity index (χ1v) is 5.75. The van der Waals surface area contributed by atoms with Gasteiger partial charge in [-0.3, -0.25) is 9.69 Å². The highest BCUT2D eigenvalue weighted by Gasteiger charge is 2.39. The van der Waals surface area contributed by atoms with Crippen LogP contribution < -0.4 is 5.32 Å². The number of hydrogen-bond acceptors (Lipinski definition) is 2. The SMILES string of the molecule is CC(C)C1NC(=O)N(Cc2ccccc2)C1=O. The Balaban J connectivity index is 2.12. The molecular weight excluding hydrogens is 216 g/mol. The smallest absolute Gasteiger partial charge is 0.325 e. The lowest BCUT2D eigenvalue weighted by Crippen LogP contribution is -2.34. The number of nitrogens with zero attached hydrogens (tertiary/aromatic N) is 1. The van der Waals surface area contributed by atoms with E-state index in [2.05, 4.69) is 5.32 Å². The monoisotopic (exact) mass is 232 g/mol. The fraction of sp³-hybridized carbons (Fsp3) is 0.385. The van der Waals surface area contributed by atoms with Crippen LogP contribution in [0.4, 0.5) is 4.79 Å². The Morgan fingerprint density at radius 3 is 2.41 bits per heavy atom. The van der Waals surface area contributed by atoms with E-state index in [9.17, 15) is 9.59 Å². The first-order valence-electron chi connectivity index (χ1n) is 5.75. The zero-order valence-electron chi connectivity index (χ0n) is 10.0. The van der Waals surface area contributed by atoms with Crippen LogP contribution in [0, 0.1) is 5.92 Å². The van der Waals surface area contributed by atoms with Gasteiger partial charge in [0, 0.05) is 0 Å². The van der Waals surface area contributed by atoms with Crippen molar-refractivity contribution in [2.24, 2.45) is 5.92 Å². The molecule has 0 aromatic heterocycles. The summed E-state index contributed by atoms with van der Waals surface area (Å²) in [4.78, 5) is 25.0. The number of urea groups is 1. The molecule has 3 amide bonds. The average molecular weight is 232 g/mol. The lowest BCUT2D eigenvalue weighted by molar-refractivity contribution is -0.128. The molecule has 4 heteroatoms. The van der Waals surface area contributed by atoms with E-state index in [1.165, 1.54) is 4.90 Å². The summed E-state index contributed by atoms with van der Waals surface area (Å²) in [7, 11) is 0. The summed E-state index contributed by atoms with van der Waals surface area (Å²) in [5.41, 5.74) is 0.959. The van der Waals surface area contributed by atoms with Crippen molar-refractivity contribution < 1.29 is 9.59 Å². The topological polar surface area (TPSA) is 49.4 Å². The highest BCUT2D eigenvalue weighted by molar-refractivity contribution is 6.04. The van der Waals surface area contributed by atoms with Gasteiger partial charge in [0.05, 0.1) is 6.54 Å². The lowest BCUT2D eigenvalue weighted by atomic mass is 10.0. The van der Waals surface area contributed by atoms with Gasteiger partial charge in [-0.15, -0.1) is 0 Å². The van der Waals surface area contributed by atoms with Crippen LogP contribution in [0.5, 0.6) is 0 Å². The standard InChI is InChI=1S/C13H16N2O2/c1-9(2)11-12(16)15(13(17)14-11)8-10-6-4-3-5-7-10/h3-7,9,11H,8H2,1-2H3,(H,14,17). The maximum absolute atomic E-state index is 12.0. The van der Waals surface area contributed by atoms with Crippen LogP contribution in [0.25, 0.3) is 0 Å². The Bertz CT molecular complexity index is 428. The summed E-state index contributed by atoms with van der Waals surface area (Å²) in [6, 6.07) is 8.84. The minimum absolute atomic E-state index is 0.118. The molecule has 0 bridgehead atoms. The van der Waals surface area contributed by atoms with Crippen molar-refractivity contribution in [3.05, 3.63) is 35.9 Å². The number of imide groups is 1. The third-order valence-electron chi connectivity index (χ3n) is 2.91. The number of rotatable bonds is 3. The van der Waals surface area contributed by atoms with Gasteiger partial charge in [0.2, 0.25) is 0 Å². The molecule has 17 heavy (non-hydrogen) atoms. The molecule has 0 aliphatic carbocycles. The minimum atomic E-state index is -0.383. The molecule has 4 nitrogen and oxygen atoms in total. The summed E-state index contributed by atoms with van der Waals surface area (Å²) < 4.78 is 0. The molecule has 1 aromatic rings. The summed E-state index contributed by atoms with van der Waals surface area (Å²) in [5, 5.41) is 2.71. The average Bonchev–Trinajstić information content (AvgIpc) is 2.58. The van der Waals surface area contributed by atoms with E-state index in [1.807, 2.05) is 44.2 Å². The number of nitrogens with one attached hydrogen (secondary N) is 1. The largest absolute Gasteiger partial charge is 0.326 e. The summed E-state index contributed by atoms with van der Waals surface area (Å²) >= 11 is 0. The Labute approximate surface area is 101 Å². The van der Waals surface area contributed by atoms with Gasteiger partial charge in [0.25, 0.3) is 5.91 Å². The molecule has 1 heterocycles. The van der Waals surface area contributed by atoms with Crippen molar-refractivity contribution in [2.75, 3.05) is 0 Å². The molecule has 1 fully saturated rings. The second-order valence-corrected chi connectivity index (χ2v) is 4.58. The Morgan fingerprint density at radius 2 is 1.88 bits per heavy atom. The van der Waals surface area contributed by atoms with E-state index in [1.54, 1.807) is 0 Å². The maximum Gasteiger partial charge on any atom is 0.325 e. The molecule has 1 aliphatic heterocycles. The lowest BCUT2D eigenvalue weighted by Gasteiger charge is -2.14. The van der Waals surface area contributed by atoms with Gasteiger partial charge in [0.1, 0.15) is 6.04 Å². The molecule has 0 spiro atoms. The number of carbonyl (C=O) groups excluding carboxylic acids is 2. The van der Waals surface area contributed by atoms with Gasteiger partial charge in [-0.1, -0.05) is 44.2 Å². The molecule has 1 aromatic carbocycles. The third kappa shape index (κ3) is 2.30. The molecule has 0 saturated carbocycles. The van der Waals surface area contributed by atoms with Crippen molar-refractivity contribution >= 4 is 11.9 Å². The second-order valence-electron chi connectivity index (χ2n) is 4.58. The molecule has 1 unspecified atom stereocenters. The Morgan fingerprint density at radius 1 is 1.24 bits per heavy atom. The van der Waals surface area contributed by atoms with Gasteiger partial charge in [-0.25, -0.2) is 4.79 Å². The van der Waals surface area contributed by atoms with Gasteiger partial charge in [-0.05, 0) is 11.5 Å². The predicted octanol–water partition coefficient (Wildman–Crippen LogP) is 1.76. The van der Waals surface area contributed by atoms with E-state index in [4.69, 9.17) is 0 Å². The summed E-state index contributed by atoms with van der Waals surface area (Å²) in [6.45, 7) is 4.19. The van der Waals surface area contributed by atoms with Crippen molar-refractivity contribution in [2.45, 2.75) is 26.4 Å². The Hall–Kier alpha value is -1.84. The molecule has 2 rings (SSSR count). The van der Waals surface area contributed by atoms with Crippen molar-refractivity contribution in [1.82, 2.24) is 10.2 Å². The molecule has 90 valence electrons. The van der Waals surface area contributed by atoms with Crippen molar-refractivity contribution in [3.63, 3.8) is 0 Å². The van der Waals surface area contributed by atoms with E-state index < -0.39 is 0 Å². The van der Waals surface area contributed by atoms with Crippen LogP contribution in [0.1, 0.15) is 19.4 Å². The number of hydrogen-bond donors (Lipinski definition) is 1. The van der Waals surface area contributed by atoms with Gasteiger partial charge < -0.3 is 5.32 Å². The molecule has 1 atom stereocenters. The summed E-state index contributed by atoms with van der Waals surface area (Å²) in [5.74, 6) is -0.0129. The molecular formula is C13H16N2O2. The fourth-order valence-corrected chi connectivity index (χ4v) is 1.91. The van der Waals surface area contributed by atoms with Crippen LogP contribution in [0.3, 0.4) is 0 Å². The van der Waals surface area contributed by atoms with Gasteiger partial charge >= 0.3 is 6.03 Å². The number of carbonyl (C=O) groups is 2. The Kier molecular flexibility index (Phi) is 3.13. The maximum atomic E-state index is 12.0. The second kappa shape index (κ2) is 4.57. The van der Waals surface area contributed by atoms with E-state index in [0.29, 0.717) is 6.54 Å². The van der Waals surface area contributed by atoms with Crippen molar-refractivity contribution in [3.8, 4) is 0 Å². The molecule has 0 radical (unpaired) electrons. The normalized spacial score (nSPS) is 19.9. The van der Waals surface area contributed by atoms with Crippen LogP contribution in [0.2, 0.25) is 0 Å². The van der Waals surface area contributed by atoms with E-state index in [0.717, 1.165) is 5.56 Å². The van der Waals surface area contributed by atoms with Crippen LogP contribution >= 0.6 is 0 Å². The molecule has 1 N–H and O–H groups in total. The van der Waals surface area contributed by atoms with Gasteiger partial charge in [0.15, 0.2) is 0 Å². The van der Waals surface area contributed by atoms with E-state index in [-0.39, 0.29) is 23.9 Å². The first-order chi connectivity index (χ1) is 8.09. The first kappa shape index (κ1) is 11.6. The van der Waals surface area contributed by atoms with Gasteiger partial charge in [-0.2, -0.15) is 0 Å². The zero-order chi connectivity index (χ0) is 12.4. The zero-order valence-corrected chi connectivity index (χ0v) is 10.0. The highest BCUT2D eigenvalue weighted by Crippen LogP contribution is 2.16. The number of benzene rings is 1. The minimum Gasteiger partial charge on any atom is -0.326 e. The van der Waals surface area contributed by atoms with Crippen LogP contribution in [0.15, 0.2) is 30.3 Å². The van der Waals surface area contributed by atoms with E-state index >= 15 is 0 Å². The predicted molar refractivity (Wildman–Crippen MR) is 64.1 cm³/mol. The van der Waals surface area contributed by atoms with Crippen LogP contribution in [-0.4, -0.2) is 22.9 Å². The fourth-order valence-electron chi connectivity index (χ4n) is 1.91. The third-order valence-corrected chi connectivity index (χ3v) is 2.91. The molecule has 1 saturated heterocycles. The van der Waals surface area contributed by atoms with Crippen molar-refractivity contribution in [1.29, 1.82) is 0 Å². The van der Waals surface area contributed by atoms with Crippen LogP contribution in [-0.2, 0) is 11.3 Å². The quantitative estimate of drug-likeness (QED) is 0.807. The highest BCUT2D eigenvalue weighted by atomic mass is 16.2.